The zero-order valence-corrected chi connectivity index (χ0v) is 16.7. The van der Waals surface area contributed by atoms with E-state index >= 15 is 0 Å². The number of rotatable bonds is 5. The molecule has 2 aliphatic rings. The van der Waals surface area contributed by atoms with Gasteiger partial charge in [-0.25, -0.2) is 8.42 Å². The first-order valence-corrected chi connectivity index (χ1v) is 10.9. The Bertz CT molecular complexity index is 910. The second kappa shape index (κ2) is 7.26. The summed E-state index contributed by atoms with van der Waals surface area (Å²) in [5.74, 6) is 0.701. The number of hydrogen-bond donors (Lipinski definition) is 0. The van der Waals surface area contributed by atoms with E-state index in [2.05, 4.69) is 4.90 Å². The summed E-state index contributed by atoms with van der Waals surface area (Å²) in [6, 6.07) is 15.6. The minimum Gasteiger partial charge on any atom is -0.496 e. The Hall–Kier alpha value is -1.89. The number of ether oxygens (including phenoxy) is 1. The minimum absolute atomic E-state index is 0.159. The van der Waals surface area contributed by atoms with Crippen molar-refractivity contribution in [2.75, 3.05) is 26.7 Å². The molecular formula is C21H26N2O3S. The van der Waals surface area contributed by atoms with Crippen LogP contribution in [0.3, 0.4) is 0 Å². The van der Waals surface area contributed by atoms with Gasteiger partial charge in [0.05, 0.1) is 18.0 Å². The van der Waals surface area contributed by atoms with E-state index in [4.69, 9.17) is 4.74 Å². The SMILES string of the molecule is COc1ccc(S(=O)(=O)N2CCN(C3CC3)CC2c2ccccc2)cc1C. The van der Waals surface area contributed by atoms with E-state index in [0.717, 1.165) is 24.2 Å². The monoisotopic (exact) mass is 386 g/mol. The van der Waals surface area contributed by atoms with Crippen LogP contribution in [-0.4, -0.2) is 50.4 Å². The van der Waals surface area contributed by atoms with Gasteiger partial charge in [-0.15, -0.1) is 0 Å². The molecule has 144 valence electrons. The third-order valence-corrected chi connectivity index (χ3v) is 7.49. The van der Waals surface area contributed by atoms with Gasteiger partial charge in [0.1, 0.15) is 5.75 Å². The molecule has 1 heterocycles. The zero-order chi connectivity index (χ0) is 19.0. The summed E-state index contributed by atoms with van der Waals surface area (Å²) >= 11 is 0. The molecule has 0 amide bonds. The fourth-order valence-electron chi connectivity index (χ4n) is 3.94. The van der Waals surface area contributed by atoms with Gasteiger partial charge in [-0.05, 0) is 49.1 Å². The van der Waals surface area contributed by atoms with Crippen LogP contribution >= 0.6 is 0 Å². The van der Waals surface area contributed by atoms with Crippen molar-refractivity contribution in [1.29, 1.82) is 0 Å². The number of methoxy groups -OCH3 is 1. The molecule has 0 bridgehead atoms. The first-order valence-electron chi connectivity index (χ1n) is 9.46. The van der Waals surface area contributed by atoms with Crippen molar-refractivity contribution >= 4 is 10.0 Å². The van der Waals surface area contributed by atoms with Crippen LogP contribution in [-0.2, 0) is 10.0 Å². The van der Waals surface area contributed by atoms with Gasteiger partial charge in [-0.1, -0.05) is 30.3 Å². The van der Waals surface area contributed by atoms with Crippen molar-refractivity contribution < 1.29 is 13.2 Å². The fourth-order valence-corrected chi connectivity index (χ4v) is 5.62. The van der Waals surface area contributed by atoms with Crippen molar-refractivity contribution in [3.05, 3.63) is 59.7 Å². The zero-order valence-electron chi connectivity index (χ0n) is 15.8. The van der Waals surface area contributed by atoms with Crippen LogP contribution < -0.4 is 4.74 Å². The highest BCUT2D eigenvalue weighted by atomic mass is 32.2. The Morgan fingerprint density at radius 2 is 1.78 bits per heavy atom. The first kappa shape index (κ1) is 18.5. The lowest BCUT2D eigenvalue weighted by atomic mass is 10.0. The summed E-state index contributed by atoms with van der Waals surface area (Å²) in [5, 5.41) is 0. The molecule has 5 nitrogen and oxygen atoms in total. The summed E-state index contributed by atoms with van der Waals surface area (Å²) in [6.45, 7) is 3.94. The van der Waals surface area contributed by atoms with E-state index in [1.54, 1.807) is 29.6 Å². The maximum absolute atomic E-state index is 13.5. The summed E-state index contributed by atoms with van der Waals surface area (Å²) < 4.78 is 33.9. The average Bonchev–Trinajstić information content (AvgIpc) is 3.53. The highest BCUT2D eigenvalue weighted by Gasteiger charge is 2.41. The third kappa shape index (κ3) is 3.61. The quantitative estimate of drug-likeness (QED) is 0.792. The lowest BCUT2D eigenvalue weighted by Crippen LogP contribution is -2.51. The number of piperazine rings is 1. The van der Waals surface area contributed by atoms with Crippen molar-refractivity contribution in [3.63, 3.8) is 0 Å². The van der Waals surface area contributed by atoms with Gasteiger partial charge in [-0.3, -0.25) is 4.90 Å². The molecule has 2 fully saturated rings. The van der Waals surface area contributed by atoms with Gasteiger partial charge >= 0.3 is 0 Å². The van der Waals surface area contributed by atoms with Gasteiger partial charge in [0.15, 0.2) is 0 Å². The fraction of sp³-hybridized carbons (Fsp3) is 0.429. The molecule has 2 aromatic rings. The second-order valence-electron chi connectivity index (χ2n) is 7.40. The largest absolute Gasteiger partial charge is 0.496 e. The first-order chi connectivity index (χ1) is 13.0. The molecule has 1 aliphatic heterocycles. The number of nitrogens with zero attached hydrogens (tertiary/aromatic N) is 2. The summed E-state index contributed by atoms with van der Waals surface area (Å²) in [6.07, 6.45) is 2.46. The number of sulfonamides is 1. The molecular weight excluding hydrogens is 360 g/mol. The second-order valence-corrected chi connectivity index (χ2v) is 9.29. The highest BCUT2D eigenvalue weighted by molar-refractivity contribution is 7.89. The van der Waals surface area contributed by atoms with E-state index in [-0.39, 0.29) is 6.04 Å². The molecule has 1 atom stereocenters. The summed E-state index contributed by atoms with van der Waals surface area (Å²) in [4.78, 5) is 2.78. The summed E-state index contributed by atoms with van der Waals surface area (Å²) in [7, 11) is -1.99. The van der Waals surface area contributed by atoms with E-state index in [0.29, 0.717) is 23.2 Å². The predicted molar refractivity (Wildman–Crippen MR) is 105 cm³/mol. The Labute approximate surface area is 161 Å². The average molecular weight is 387 g/mol. The molecule has 0 spiro atoms. The van der Waals surface area contributed by atoms with E-state index in [1.165, 1.54) is 12.8 Å². The highest BCUT2D eigenvalue weighted by Crippen LogP contribution is 2.36. The van der Waals surface area contributed by atoms with Crippen molar-refractivity contribution in [1.82, 2.24) is 9.21 Å². The van der Waals surface area contributed by atoms with Gasteiger partial charge in [0.25, 0.3) is 0 Å². The molecule has 2 aromatic carbocycles. The van der Waals surface area contributed by atoms with Crippen LogP contribution in [0.4, 0.5) is 0 Å². The van der Waals surface area contributed by atoms with Crippen LogP contribution in [0.15, 0.2) is 53.4 Å². The van der Waals surface area contributed by atoms with Crippen molar-refractivity contribution in [3.8, 4) is 5.75 Å². The molecule has 0 N–H and O–H groups in total. The Morgan fingerprint density at radius 1 is 1.04 bits per heavy atom. The Morgan fingerprint density at radius 3 is 2.41 bits per heavy atom. The van der Waals surface area contributed by atoms with Crippen LogP contribution in [0.5, 0.6) is 5.75 Å². The maximum Gasteiger partial charge on any atom is 0.243 e. The summed E-state index contributed by atoms with van der Waals surface area (Å²) in [5.41, 5.74) is 1.88. The van der Waals surface area contributed by atoms with Gasteiger partial charge in [-0.2, -0.15) is 4.31 Å². The van der Waals surface area contributed by atoms with E-state index in [1.807, 2.05) is 37.3 Å². The van der Waals surface area contributed by atoms with E-state index in [9.17, 15) is 8.42 Å². The predicted octanol–water partition coefficient (Wildman–Crippen LogP) is 3.21. The molecule has 1 saturated heterocycles. The standard InChI is InChI=1S/C21H26N2O3S/c1-16-14-19(10-11-21(16)26-2)27(24,25)23-13-12-22(18-8-9-18)15-20(23)17-6-4-3-5-7-17/h3-7,10-11,14,18,20H,8-9,12-13,15H2,1-2H3. The molecule has 4 rings (SSSR count). The molecule has 1 aliphatic carbocycles. The van der Waals surface area contributed by atoms with Gasteiger partial charge in [0, 0.05) is 25.7 Å². The number of hydrogen-bond acceptors (Lipinski definition) is 4. The number of benzene rings is 2. The lowest BCUT2D eigenvalue weighted by Gasteiger charge is -2.41. The molecule has 0 aromatic heterocycles. The molecule has 1 unspecified atom stereocenters. The van der Waals surface area contributed by atoms with Crippen LogP contribution in [0, 0.1) is 6.92 Å². The van der Waals surface area contributed by atoms with Crippen LogP contribution in [0.1, 0.15) is 30.0 Å². The Balaban J connectivity index is 1.69. The minimum atomic E-state index is -3.58. The molecule has 27 heavy (non-hydrogen) atoms. The van der Waals surface area contributed by atoms with E-state index < -0.39 is 10.0 Å². The van der Waals surface area contributed by atoms with Gasteiger partial charge in [0.2, 0.25) is 10.0 Å². The van der Waals surface area contributed by atoms with Crippen molar-refractivity contribution in [2.24, 2.45) is 0 Å². The van der Waals surface area contributed by atoms with Crippen LogP contribution in [0.25, 0.3) is 0 Å². The molecule has 1 saturated carbocycles. The number of aryl methyl sites for hydroxylation is 1. The van der Waals surface area contributed by atoms with Gasteiger partial charge < -0.3 is 4.74 Å². The van der Waals surface area contributed by atoms with Crippen LogP contribution in [0.2, 0.25) is 0 Å². The molecule has 6 heteroatoms. The smallest absolute Gasteiger partial charge is 0.243 e. The normalized spacial score (nSPS) is 21.9. The topological polar surface area (TPSA) is 49.9 Å². The third-order valence-electron chi connectivity index (χ3n) is 5.58. The van der Waals surface area contributed by atoms with Crippen molar-refractivity contribution in [2.45, 2.75) is 36.7 Å². The Kier molecular flexibility index (Phi) is 4.97. The lowest BCUT2D eigenvalue weighted by molar-refractivity contribution is 0.128. The maximum atomic E-state index is 13.5. The molecule has 0 radical (unpaired) electrons.